The lowest BCUT2D eigenvalue weighted by atomic mass is 10.2. The summed E-state index contributed by atoms with van der Waals surface area (Å²) in [5, 5.41) is 0.926. The number of nitrogens with one attached hydrogen (secondary N) is 1. The van der Waals surface area contributed by atoms with Crippen molar-refractivity contribution >= 4 is 22.5 Å². The number of hydrogen-bond acceptors (Lipinski definition) is 2. The Morgan fingerprint density at radius 2 is 2.12 bits per heavy atom. The molecule has 2 aromatic rings. The summed E-state index contributed by atoms with van der Waals surface area (Å²) < 4.78 is 1.23. The van der Waals surface area contributed by atoms with Crippen LogP contribution in [0.15, 0.2) is 27.8 Å². The monoisotopic (exact) mass is 252 g/mol. The van der Waals surface area contributed by atoms with E-state index in [1.807, 2.05) is 13.8 Å². The van der Waals surface area contributed by atoms with Crippen molar-refractivity contribution in [2.75, 3.05) is 0 Å². The molecule has 0 saturated carbocycles. The molecule has 1 atom stereocenters. The van der Waals surface area contributed by atoms with E-state index in [1.54, 1.807) is 18.2 Å². The van der Waals surface area contributed by atoms with Crippen LogP contribution in [0.4, 0.5) is 0 Å². The number of aromatic nitrogens is 2. The van der Waals surface area contributed by atoms with E-state index >= 15 is 0 Å². The fourth-order valence-corrected chi connectivity index (χ4v) is 1.95. The van der Waals surface area contributed by atoms with Gasteiger partial charge in [-0.25, -0.2) is 4.79 Å². The molecule has 0 aliphatic carbocycles. The number of H-pyrrole nitrogens is 1. The minimum absolute atomic E-state index is 0.130. The van der Waals surface area contributed by atoms with Crippen LogP contribution in [0.2, 0.25) is 5.02 Å². The molecule has 0 amide bonds. The molecule has 1 aromatic heterocycles. The Hall–Kier alpha value is -1.55. The van der Waals surface area contributed by atoms with Crippen LogP contribution in [0.5, 0.6) is 0 Å². The van der Waals surface area contributed by atoms with E-state index in [0.29, 0.717) is 15.9 Å². The van der Waals surface area contributed by atoms with Gasteiger partial charge in [-0.1, -0.05) is 18.5 Å². The van der Waals surface area contributed by atoms with Gasteiger partial charge < -0.3 is 4.98 Å². The van der Waals surface area contributed by atoms with Crippen molar-refractivity contribution in [2.45, 2.75) is 26.3 Å². The molecule has 1 aromatic carbocycles. The SMILES string of the molecule is CCC(C)n1c(=O)[nH]c2ccc(Cl)cc2c1=O. The van der Waals surface area contributed by atoms with E-state index in [4.69, 9.17) is 11.6 Å². The Morgan fingerprint density at radius 1 is 1.41 bits per heavy atom. The second kappa shape index (κ2) is 4.37. The minimum atomic E-state index is -0.376. The quantitative estimate of drug-likeness (QED) is 0.892. The summed E-state index contributed by atoms with van der Waals surface area (Å²) in [5.74, 6) is 0. The average Bonchev–Trinajstić information content (AvgIpc) is 2.30. The number of hydrogen-bond donors (Lipinski definition) is 1. The Labute approximate surface area is 103 Å². The van der Waals surface area contributed by atoms with Crippen LogP contribution in [0, 0.1) is 0 Å². The summed E-state index contributed by atoms with van der Waals surface area (Å²) in [7, 11) is 0. The Morgan fingerprint density at radius 3 is 2.76 bits per heavy atom. The van der Waals surface area contributed by atoms with E-state index in [1.165, 1.54) is 4.57 Å². The highest BCUT2D eigenvalue weighted by atomic mass is 35.5. The maximum Gasteiger partial charge on any atom is 0.329 e. The third-order valence-corrected chi connectivity index (χ3v) is 3.16. The molecule has 0 saturated heterocycles. The number of halogens is 1. The number of rotatable bonds is 2. The number of benzene rings is 1. The van der Waals surface area contributed by atoms with Crippen molar-refractivity contribution in [2.24, 2.45) is 0 Å². The molecule has 0 bridgehead atoms. The molecule has 17 heavy (non-hydrogen) atoms. The highest BCUT2D eigenvalue weighted by Crippen LogP contribution is 2.14. The summed E-state index contributed by atoms with van der Waals surface area (Å²) in [4.78, 5) is 26.7. The lowest BCUT2D eigenvalue weighted by molar-refractivity contribution is 0.494. The first kappa shape index (κ1) is 11.9. The standard InChI is InChI=1S/C12H13ClN2O2/c1-3-7(2)15-11(16)9-6-8(13)4-5-10(9)14-12(15)17/h4-7H,3H2,1-2H3,(H,14,17). The highest BCUT2D eigenvalue weighted by molar-refractivity contribution is 6.31. The minimum Gasteiger partial charge on any atom is -0.307 e. The van der Waals surface area contributed by atoms with Gasteiger partial charge in [-0.2, -0.15) is 0 Å². The molecule has 1 unspecified atom stereocenters. The van der Waals surface area contributed by atoms with Gasteiger partial charge in [0, 0.05) is 11.1 Å². The first-order valence-electron chi connectivity index (χ1n) is 5.48. The van der Waals surface area contributed by atoms with Gasteiger partial charge in [0.25, 0.3) is 5.56 Å². The topological polar surface area (TPSA) is 54.9 Å². The molecule has 1 N–H and O–H groups in total. The van der Waals surface area contributed by atoms with Gasteiger partial charge in [0.2, 0.25) is 0 Å². The van der Waals surface area contributed by atoms with Crippen molar-refractivity contribution in [1.29, 1.82) is 0 Å². The van der Waals surface area contributed by atoms with E-state index in [9.17, 15) is 9.59 Å². The maximum absolute atomic E-state index is 12.2. The van der Waals surface area contributed by atoms with Crippen molar-refractivity contribution in [3.8, 4) is 0 Å². The zero-order chi connectivity index (χ0) is 12.6. The first-order valence-corrected chi connectivity index (χ1v) is 5.86. The van der Waals surface area contributed by atoms with E-state index in [0.717, 1.165) is 6.42 Å². The summed E-state index contributed by atoms with van der Waals surface area (Å²) >= 11 is 5.86. The van der Waals surface area contributed by atoms with Crippen LogP contribution in [-0.2, 0) is 0 Å². The van der Waals surface area contributed by atoms with E-state index in [2.05, 4.69) is 4.98 Å². The van der Waals surface area contributed by atoms with Crippen LogP contribution >= 0.6 is 11.6 Å². The lowest BCUT2D eigenvalue weighted by Gasteiger charge is -2.12. The van der Waals surface area contributed by atoms with Crippen LogP contribution in [0.1, 0.15) is 26.3 Å². The largest absolute Gasteiger partial charge is 0.329 e. The predicted molar refractivity (Wildman–Crippen MR) is 68.8 cm³/mol. The summed E-state index contributed by atoms with van der Waals surface area (Å²) in [6.45, 7) is 3.77. The smallest absolute Gasteiger partial charge is 0.307 e. The van der Waals surface area contributed by atoms with Gasteiger partial charge in [-0.05, 0) is 31.5 Å². The Bertz CT molecular complexity index is 672. The third kappa shape index (κ3) is 2.00. The van der Waals surface area contributed by atoms with Crippen molar-refractivity contribution in [3.63, 3.8) is 0 Å². The molecule has 0 spiro atoms. The van der Waals surface area contributed by atoms with Gasteiger partial charge in [-0.3, -0.25) is 9.36 Å². The van der Waals surface area contributed by atoms with Gasteiger partial charge in [0.15, 0.2) is 0 Å². The number of aromatic amines is 1. The Kier molecular flexibility index (Phi) is 3.07. The second-order valence-electron chi connectivity index (χ2n) is 4.05. The third-order valence-electron chi connectivity index (χ3n) is 2.92. The summed E-state index contributed by atoms with van der Waals surface area (Å²) in [6.07, 6.45) is 0.717. The lowest BCUT2D eigenvalue weighted by Crippen LogP contribution is -2.36. The zero-order valence-electron chi connectivity index (χ0n) is 9.66. The van der Waals surface area contributed by atoms with E-state index < -0.39 is 0 Å². The van der Waals surface area contributed by atoms with Crippen LogP contribution < -0.4 is 11.2 Å². The molecule has 1 heterocycles. The van der Waals surface area contributed by atoms with Gasteiger partial charge in [-0.15, -0.1) is 0 Å². The molecule has 4 nitrogen and oxygen atoms in total. The highest BCUT2D eigenvalue weighted by Gasteiger charge is 2.12. The molecule has 2 rings (SSSR count). The van der Waals surface area contributed by atoms with Crippen molar-refractivity contribution in [1.82, 2.24) is 9.55 Å². The van der Waals surface area contributed by atoms with E-state index in [-0.39, 0.29) is 17.3 Å². The molecule has 5 heteroatoms. The molecular formula is C12H13ClN2O2. The number of nitrogens with zero attached hydrogens (tertiary/aromatic N) is 1. The van der Waals surface area contributed by atoms with Crippen LogP contribution in [0.3, 0.4) is 0 Å². The molecule has 0 radical (unpaired) electrons. The Balaban J connectivity index is 2.88. The summed E-state index contributed by atoms with van der Waals surface area (Å²) in [5.41, 5.74) is -0.149. The van der Waals surface area contributed by atoms with Crippen LogP contribution in [-0.4, -0.2) is 9.55 Å². The normalized spacial score (nSPS) is 12.9. The fraction of sp³-hybridized carbons (Fsp3) is 0.333. The van der Waals surface area contributed by atoms with Crippen LogP contribution in [0.25, 0.3) is 10.9 Å². The van der Waals surface area contributed by atoms with Crippen molar-refractivity contribution < 1.29 is 0 Å². The maximum atomic E-state index is 12.2. The van der Waals surface area contributed by atoms with Crippen molar-refractivity contribution in [3.05, 3.63) is 44.1 Å². The van der Waals surface area contributed by atoms with Gasteiger partial charge >= 0.3 is 5.69 Å². The molecule has 90 valence electrons. The predicted octanol–water partition coefficient (Wildman–Crippen LogP) is 2.31. The van der Waals surface area contributed by atoms with Gasteiger partial charge in [0.05, 0.1) is 10.9 Å². The molecule has 0 aliphatic heterocycles. The average molecular weight is 253 g/mol. The zero-order valence-corrected chi connectivity index (χ0v) is 10.4. The summed E-state index contributed by atoms with van der Waals surface area (Å²) in [6, 6.07) is 4.73. The molecule has 0 aliphatic rings. The molecular weight excluding hydrogens is 240 g/mol. The first-order chi connectivity index (χ1) is 8.04. The van der Waals surface area contributed by atoms with Gasteiger partial charge in [0.1, 0.15) is 0 Å². The second-order valence-corrected chi connectivity index (χ2v) is 4.49. The fourth-order valence-electron chi connectivity index (χ4n) is 1.78. The molecule has 0 fully saturated rings. The number of fused-ring (bicyclic) bond motifs is 1.